The first-order valence-corrected chi connectivity index (χ1v) is 5.96. The van der Waals surface area contributed by atoms with Crippen LogP contribution in [0.1, 0.15) is 30.9 Å². The number of benzene rings is 1. The summed E-state index contributed by atoms with van der Waals surface area (Å²) in [5.41, 5.74) is 0.797. The molecule has 1 saturated heterocycles. The van der Waals surface area contributed by atoms with Crippen molar-refractivity contribution in [3.05, 3.63) is 29.8 Å². The normalized spacial score (nSPS) is 27.2. The zero-order chi connectivity index (χ0) is 11.0. The summed E-state index contributed by atoms with van der Waals surface area (Å²) in [7, 11) is 0. The van der Waals surface area contributed by atoms with E-state index in [1.807, 2.05) is 24.3 Å². The van der Waals surface area contributed by atoms with Crippen LogP contribution in [0, 0.1) is 0 Å². The molecule has 16 heavy (non-hydrogen) atoms. The van der Waals surface area contributed by atoms with Crippen LogP contribution >= 0.6 is 0 Å². The first-order valence-electron chi connectivity index (χ1n) is 5.96. The molecule has 1 spiro atoms. The lowest BCUT2D eigenvalue weighted by Gasteiger charge is -2.43. The molecule has 1 aromatic rings. The summed E-state index contributed by atoms with van der Waals surface area (Å²) < 4.78 is 6.13. The molecule has 0 radical (unpaired) electrons. The highest BCUT2D eigenvalue weighted by molar-refractivity contribution is 5.38. The third-order valence-electron chi connectivity index (χ3n) is 3.68. The summed E-state index contributed by atoms with van der Waals surface area (Å²) in [6.07, 6.45) is 2.32. The van der Waals surface area contributed by atoms with E-state index in [1.165, 1.54) is 0 Å². The maximum Gasteiger partial charge on any atom is 0.125 e. The molecular weight excluding hydrogens is 202 g/mol. The van der Waals surface area contributed by atoms with Gasteiger partial charge in [0, 0.05) is 12.0 Å². The molecule has 0 aliphatic carbocycles. The number of para-hydroxylation sites is 1. The maximum absolute atomic E-state index is 10.2. The van der Waals surface area contributed by atoms with Crippen molar-refractivity contribution in [3.8, 4) is 5.75 Å². The third kappa shape index (κ3) is 1.60. The van der Waals surface area contributed by atoms with Crippen molar-refractivity contribution in [1.82, 2.24) is 5.32 Å². The molecule has 2 N–H and O–H groups in total. The predicted molar refractivity (Wildman–Crippen MR) is 61.5 cm³/mol. The minimum Gasteiger partial charge on any atom is -0.487 e. The SMILES string of the molecule is OC1CC2(CCNCC2)Oc2ccccc21. The fraction of sp³-hybridized carbons (Fsp3) is 0.538. The second-order valence-corrected chi connectivity index (χ2v) is 4.79. The van der Waals surface area contributed by atoms with Gasteiger partial charge in [-0.15, -0.1) is 0 Å². The number of ether oxygens (including phenoxy) is 1. The molecule has 0 amide bonds. The Kier molecular flexibility index (Phi) is 2.37. The first-order chi connectivity index (χ1) is 7.79. The van der Waals surface area contributed by atoms with E-state index >= 15 is 0 Å². The van der Waals surface area contributed by atoms with Gasteiger partial charge in [-0.3, -0.25) is 0 Å². The zero-order valence-electron chi connectivity index (χ0n) is 9.28. The van der Waals surface area contributed by atoms with Crippen molar-refractivity contribution in [2.24, 2.45) is 0 Å². The zero-order valence-corrected chi connectivity index (χ0v) is 9.28. The molecule has 0 saturated carbocycles. The maximum atomic E-state index is 10.2. The van der Waals surface area contributed by atoms with Gasteiger partial charge in [-0.25, -0.2) is 0 Å². The Morgan fingerprint density at radius 1 is 1.25 bits per heavy atom. The monoisotopic (exact) mass is 219 g/mol. The van der Waals surface area contributed by atoms with Crippen molar-refractivity contribution in [1.29, 1.82) is 0 Å². The Balaban J connectivity index is 1.93. The Bertz CT molecular complexity index is 385. The molecule has 1 unspecified atom stereocenters. The predicted octanol–water partition coefficient (Wildman–Crippen LogP) is 1.62. The quantitative estimate of drug-likeness (QED) is 0.696. The number of aliphatic hydroxyl groups excluding tert-OH is 1. The molecule has 2 aliphatic rings. The molecule has 1 aromatic carbocycles. The smallest absolute Gasteiger partial charge is 0.125 e. The van der Waals surface area contributed by atoms with Gasteiger partial charge in [0.2, 0.25) is 0 Å². The molecule has 0 bridgehead atoms. The minimum atomic E-state index is -0.372. The number of aliphatic hydroxyl groups is 1. The van der Waals surface area contributed by atoms with Crippen molar-refractivity contribution in [3.63, 3.8) is 0 Å². The van der Waals surface area contributed by atoms with E-state index in [2.05, 4.69) is 5.32 Å². The summed E-state index contributed by atoms with van der Waals surface area (Å²) in [5.74, 6) is 0.864. The van der Waals surface area contributed by atoms with Crippen molar-refractivity contribution >= 4 is 0 Å². The average Bonchev–Trinajstić information content (AvgIpc) is 2.30. The van der Waals surface area contributed by atoms with Crippen molar-refractivity contribution in [2.75, 3.05) is 13.1 Å². The minimum absolute atomic E-state index is 0.140. The molecule has 1 atom stereocenters. The van der Waals surface area contributed by atoms with E-state index in [9.17, 15) is 5.11 Å². The number of rotatable bonds is 0. The molecule has 2 aliphatic heterocycles. The lowest BCUT2D eigenvalue weighted by molar-refractivity contribution is -0.0336. The molecule has 0 aromatic heterocycles. The van der Waals surface area contributed by atoms with Crippen molar-refractivity contribution in [2.45, 2.75) is 31.0 Å². The lowest BCUT2D eigenvalue weighted by atomic mass is 9.82. The molecule has 3 nitrogen and oxygen atoms in total. The number of hydrogen-bond donors (Lipinski definition) is 2. The molecule has 86 valence electrons. The van der Waals surface area contributed by atoms with Gasteiger partial charge in [0.05, 0.1) is 6.10 Å². The van der Waals surface area contributed by atoms with Gasteiger partial charge in [0.1, 0.15) is 11.4 Å². The van der Waals surface area contributed by atoms with Crippen LogP contribution in [0.5, 0.6) is 5.75 Å². The number of hydrogen-bond acceptors (Lipinski definition) is 3. The Labute approximate surface area is 95.4 Å². The van der Waals surface area contributed by atoms with E-state index in [0.717, 1.165) is 43.7 Å². The highest BCUT2D eigenvalue weighted by Gasteiger charge is 2.41. The fourth-order valence-electron chi connectivity index (χ4n) is 2.77. The number of fused-ring (bicyclic) bond motifs is 1. The van der Waals surface area contributed by atoms with Gasteiger partial charge in [0.25, 0.3) is 0 Å². The summed E-state index contributed by atoms with van der Waals surface area (Å²) >= 11 is 0. The first kappa shape index (κ1) is 10.1. The molecule has 3 heteroatoms. The standard InChI is InChI=1S/C13H17NO2/c15-11-9-13(5-7-14-8-6-13)16-12-4-2-1-3-10(11)12/h1-4,11,14-15H,5-9H2. The van der Waals surface area contributed by atoms with Crippen LogP contribution in [0.3, 0.4) is 0 Å². The molecule has 1 fully saturated rings. The second kappa shape index (κ2) is 3.75. The van der Waals surface area contributed by atoms with Gasteiger partial charge in [0.15, 0.2) is 0 Å². The van der Waals surface area contributed by atoms with Gasteiger partial charge < -0.3 is 15.2 Å². The lowest BCUT2D eigenvalue weighted by Crippen LogP contribution is -2.49. The third-order valence-corrected chi connectivity index (χ3v) is 3.68. The number of piperidine rings is 1. The fourth-order valence-corrected chi connectivity index (χ4v) is 2.77. The Hall–Kier alpha value is -1.06. The van der Waals surface area contributed by atoms with Crippen LogP contribution in [0.2, 0.25) is 0 Å². The highest BCUT2D eigenvalue weighted by Crippen LogP contribution is 2.43. The van der Waals surface area contributed by atoms with E-state index in [-0.39, 0.29) is 11.7 Å². The highest BCUT2D eigenvalue weighted by atomic mass is 16.5. The van der Waals surface area contributed by atoms with E-state index < -0.39 is 0 Å². The summed E-state index contributed by atoms with van der Waals surface area (Å²) in [6.45, 7) is 1.96. The molecule has 2 heterocycles. The topological polar surface area (TPSA) is 41.5 Å². The van der Waals surface area contributed by atoms with Crippen LogP contribution in [-0.4, -0.2) is 23.8 Å². The number of nitrogens with one attached hydrogen (secondary N) is 1. The van der Waals surface area contributed by atoms with Crippen LogP contribution in [0.15, 0.2) is 24.3 Å². The summed E-state index contributed by atoms with van der Waals surface area (Å²) in [6, 6.07) is 7.83. The van der Waals surface area contributed by atoms with Gasteiger partial charge in [-0.2, -0.15) is 0 Å². The van der Waals surface area contributed by atoms with E-state index in [0.29, 0.717) is 0 Å². The summed E-state index contributed by atoms with van der Waals surface area (Å²) in [5, 5.41) is 13.5. The largest absolute Gasteiger partial charge is 0.487 e. The second-order valence-electron chi connectivity index (χ2n) is 4.79. The van der Waals surface area contributed by atoms with E-state index in [4.69, 9.17) is 4.74 Å². The van der Waals surface area contributed by atoms with Gasteiger partial charge >= 0.3 is 0 Å². The van der Waals surface area contributed by atoms with Crippen LogP contribution < -0.4 is 10.1 Å². The summed E-state index contributed by atoms with van der Waals surface area (Å²) in [4.78, 5) is 0. The van der Waals surface area contributed by atoms with E-state index in [1.54, 1.807) is 0 Å². The van der Waals surface area contributed by atoms with Gasteiger partial charge in [-0.05, 0) is 32.0 Å². The van der Waals surface area contributed by atoms with Crippen molar-refractivity contribution < 1.29 is 9.84 Å². The Morgan fingerprint density at radius 3 is 2.81 bits per heavy atom. The molecular formula is C13H17NO2. The van der Waals surface area contributed by atoms with Gasteiger partial charge in [-0.1, -0.05) is 18.2 Å². The van der Waals surface area contributed by atoms with Crippen LogP contribution in [0.4, 0.5) is 0 Å². The Morgan fingerprint density at radius 2 is 2.00 bits per heavy atom. The van der Waals surface area contributed by atoms with Crippen LogP contribution in [0.25, 0.3) is 0 Å². The average molecular weight is 219 g/mol. The molecule has 3 rings (SSSR count). The van der Waals surface area contributed by atoms with Crippen LogP contribution in [-0.2, 0) is 0 Å².